The van der Waals surface area contributed by atoms with Crippen LogP contribution in [0.15, 0.2) is 53.4 Å². The van der Waals surface area contributed by atoms with Gasteiger partial charge in [0.25, 0.3) is 0 Å². The molecule has 30 heavy (non-hydrogen) atoms. The van der Waals surface area contributed by atoms with Gasteiger partial charge in [0.05, 0.1) is 17.7 Å². The number of H-pyrrole nitrogens is 1. The summed E-state index contributed by atoms with van der Waals surface area (Å²) in [6, 6.07) is 11.9. The fourth-order valence-corrected chi connectivity index (χ4v) is 5.22. The lowest BCUT2D eigenvalue weighted by Crippen LogP contribution is -2.38. The van der Waals surface area contributed by atoms with Crippen LogP contribution in [0.2, 0.25) is 0 Å². The first-order valence-electron chi connectivity index (χ1n) is 9.53. The molecule has 2 heterocycles. The largest absolute Gasteiger partial charge is 0.497 e. The summed E-state index contributed by atoms with van der Waals surface area (Å²) in [4.78, 5) is -0.361. The molecule has 0 aliphatic carbocycles. The van der Waals surface area contributed by atoms with Gasteiger partial charge in [0.2, 0.25) is 10.0 Å². The number of aromatic amines is 1. The van der Waals surface area contributed by atoms with E-state index in [1.807, 2.05) is 30.3 Å². The van der Waals surface area contributed by atoms with Crippen molar-refractivity contribution in [1.29, 1.82) is 0 Å². The lowest BCUT2D eigenvalue weighted by Gasteiger charge is -2.30. The molecule has 0 unspecified atom stereocenters. The van der Waals surface area contributed by atoms with Gasteiger partial charge >= 0.3 is 0 Å². The summed E-state index contributed by atoms with van der Waals surface area (Å²) in [5.41, 5.74) is 2.64. The zero-order chi connectivity index (χ0) is 21.3. The summed E-state index contributed by atoms with van der Waals surface area (Å²) in [7, 11) is -2.34. The maximum Gasteiger partial charge on any atom is 0.243 e. The molecule has 0 saturated carbocycles. The van der Waals surface area contributed by atoms with E-state index in [2.05, 4.69) is 10.2 Å². The predicted octanol–water partition coefficient (Wildman–Crippen LogP) is 3.93. The zero-order valence-electron chi connectivity index (χ0n) is 16.3. The topological polar surface area (TPSA) is 75.3 Å². The van der Waals surface area contributed by atoms with Crippen molar-refractivity contribution >= 4 is 10.0 Å². The van der Waals surface area contributed by atoms with Gasteiger partial charge in [0.1, 0.15) is 17.4 Å². The number of methoxy groups -OCH3 is 1. The van der Waals surface area contributed by atoms with Crippen LogP contribution >= 0.6 is 0 Å². The molecular weight excluding hydrogens is 412 g/mol. The Labute approximate surface area is 173 Å². The Morgan fingerprint density at radius 1 is 1.07 bits per heavy atom. The van der Waals surface area contributed by atoms with E-state index in [1.165, 1.54) is 4.31 Å². The van der Waals surface area contributed by atoms with Crippen LogP contribution in [0.4, 0.5) is 8.78 Å². The molecule has 6 nitrogen and oxygen atoms in total. The molecule has 0 spiro atoms. The standard InChI is InChI=1S/C21H21F2N3O3S/c1-29-18-4-2-3-15(9-18)21-13-20(24-25-21)14-5-7-26(8-6-14)30(27,28)19-11-16(22)10-17(23)12-19/h2-4,9-14H,5-8H2,1H3,(H,24,25). The molecule has 2 aromatic carbocycles. The number of hydrogen-bond acceptors (Lipinski definition) is 4. The second-order valence-electron chi connectivity index (χ2n) is 7.22. The van der Waals surface area contributed by atoms with Gasteiger partial charge in [-0.25, -0.2) is 17.2 Å². The van der Waals surface area contributed by atoms with Crippen LogP contribution < -0.4 is 4.74 Å². The van der Waals surface area contributed by atoms with Gasteiger partial charge in [-0.2, -0.15) is 9.40 Å². The first kappa shape index (κ1) is 20.5. The number of nitrogens with one attached hydrogen (secondary N) is 1. The molecule has 3 aromatic rings. The van der Waals surface area contributed by atoms with Crippen molar-refractivity contribution in [3.05, 3.63) is 65.9 Å². The minimum Gasteiger partial charge on any atom is -0.497 e. The first-order valence-corrected chi connectivity index (χ1v) is 11.0. The number of benzene rings is 2. The van der Waals surface area contributed by atoms with Crippen molar-refractivity contribution in [3.8, 4) is 17.0 Å². The van der Waals surface area contributed by atoms with E-state index in [0.29, 0.717) is 18.9 Å². The summed E-state index contributed by atoms with van der Waals surface area (Å²) in [6.45, 7) is 0.525. The van der Waals surface area contributed by atoms with Crippen molar-refractivity contribution in [3.63, 3.8) is 0 Å². The second-order valence-corrected chi connectivity index (χ2v) is 9.16. The normalized spacial score (nSPS) is 16.0. The molecule has 0 radical (unpaired) electrons. The molecule has 1 aromatic heterocycles. The van der Waals surface area contributed by atoms with Crippen molar-refractivity contribution in [2.75, 3.05) is 20.2 Å². The highest BCUT2D eigenvalue weighted by Crippen LogP contribution is 2.32. The van der Waals surface area contributed by atoms with E-state index in [9.17, 15) is 17.2 Å². The van der Waals surface area contributed by atoms with Gasteiger partial charge in [-0.15, -0.1) is 0 Å². The number of nitrogens with zero attached hydrogens (tertiary/aromatic N) is 2. The Hall–Kier alpha value is -2.78. The van der Waals surface area contributed by atoms with Gasteiger partial charge < -0.3 is 4.74 Å². The van der Waals surface area contributed by atoms with Crippen molar-refractivity contribution in [2.45, 2.75) is 23.7 Å². The lowest BCUT2D eigenvalue weighted by atomic mass is 9.94. The molecule has 0 amide bonds. The predicted molar refractivity (Wildman–Crippen MR) is 108 cm³/mol. The molecule has 158 valence electrons. The van der Waals surface area contributed by atoms with E-state index in [4.69, 9.17) is 4.74 Å². The summed E-state index contributed by atoms with van der Waals surface area (Å²) in [5.74, 6) is -0.964. The average molecular weight is 433 g/mol. The Morgan fingerprint density at radius 3 is 2.43 bits per heavy atom. The third-order valence-corrected chi connectivity index (χ3v) is 7.21. The molecule has 1 saturated heterocycles. The van der Waals surface area contributed by atoms with E-state index in [-0.39, 0.29) is 23.9 Å². The smallest absolute Gasteiger partial charge is 0.243 e. The number of halogens is 2. The lowest BCUT2D eigenvalue weighted by molar-refractivity contribution is 0.316. The van der Waals surface area contributed by atoms with Crippen LogP contribution in [-0.4, -0.2) is 43.1 Å². The molecular formula is C21H21F2N3O3S. The van der Waals surface area contributed by atoms with Gasteiger partial charge in [-0.1, -0.05) is 12.1 Å². The number of piperidine rings is 1. The van der Waals surface area contributed by atoms with Crippen molar-refractivity contribution in [2.24, 2.45) is 0 Å². The Balaban J connectivity index is 1.46. The van der Waals surface area contributed by atoms with E-state index in [0.717, 1.165) is 34.8 Å². The van der Waals surface area contributed by atoms with Gasteiger partial charge in [-0.3, -0.25) is 5.10 Å². The van der Waals surface area contributed by atoms with Gasteiger partial charge in [-0.05, 0) is 43.2 Å². The van der Waals surface area contributed by atoms with Crippen LogP contribution in [0, 0.1) is 11.6 Å². The fraction of sp³-hybridized carbons (Fsp3) is 0.286. The van der Waals surface area contributed by atoms with Crippen molar-refractivity contribution < 1.29 is 21.9 Å². The highest BCUT2D eigenvalue weighted by atomic mass is 32.2. The fourth-order valence-electron chi connectivity index (χ4n) is 3.71. The summed E-state index contributed by atoms with van der Waals surface area (Å²) >= 11 is 0. The van der Waals surface area contributed by atoms with Gasteiger partial charge in [0, 0.05) is 36.3 Å². The molecule has 1 aliphatic heterocycles. The zero-order valence-corrected chi connectivity index (χ0v) is 17.1. The highest BCUT2D eigenvalue weighted by molar-refractivity contribution is 7.89. The monoisotopic (exact) mass is 433 g/mol. The third-order valence-electron chi connectivity index (χ3n) is 5.33. The molecule has 0 bridgehead atoms. The third kappa shape index (κ3) is 4.08. The quantitative estimate of drug-likeness (QED) is 0.662. The molecule has 1 N–H and O–H groups in total. The second kappa shape index (κ2) is 8.16. The molecule has 9 heteroatoms. The SMILES string of the molecule is COc1cccc(-c2cc(C3CCN(S(=O)(=O)c4cc(F)cc(F)c4)CC3)[nH]n2)c1. The summed E-state index contributed by atoms with van der Waals surface area (Å²) in [6.07, 6.45) is 1.16. The minimum absolute atomic E-state index is 0.118. The Morgan fingerprint density at radius 2 is 1.77 bits per heavy atom. The van der Waals surface area contributed by atoms with E-state index >= 15 is 0 Å². The number of rotatable bonds is 5. The summed E-state index contributed by atoms with van der Waals surface area (Å²) in [5, 5.41) is 7.43. The number of hydrogen-bond donors (Lipinski definition) is 1. The maximum atomic E-state index is 13.5. The number of aromatic nitrogens is 2. The first-order chi connectivity index (χ1) is 14.4. The van der Waals surface area contributed by atoms with Gasteiger partial charge in [0.15, 0.2) is 0 Å². The van der Waals surface area contributed by atoms with Crippen LogP contribution in [-0.2, 0) is 10.0 Å². The Kier molecular flexibility index (Phi) is 5.57. The van der Waals surface area contributed by atoms with Crippen LogP contribution in [0.5, 0.6) is 5.75 Å². The highest BCUT2D eigenvalue weighted by Gasteiger charge is 2.31. The molecule has 4 rings (SSSR count). The van der Waals surface area contributed by atoms with Crippen LogP contribution in [0.1, 0.15) is 24.5 Å². The number of ether oxygens (including phenoxy) is 1. The molecule has 1 aliphatic rings. The van der Waals surface area contributed by atoms with Crippen molar-refractivity contribution in [1.82, 2.24) is 14.5 Å². The number of sulfonamides is 1. The van der Waals surface area contributed by atoms with Crippen LogP contribution in [0.3, 0.4) is 0 Å². The van der Waals surface area contributed by atoms with E-state index in [1.54, 1.807) is 7.11 Å². The van der Waals surface area contributed by atoms with E-state index < -0.39 is 21.7 Å². The molecule has 1 fully saturated rings. The maximum absolute atomic E-state index is 13.5. The average Bonchev–Trinajstić information content (AvgIpc) is 3.23. The molecule has 0 atom stereocenters. The van der Waals surface area contributed by atoms with Crippen LogP contribution in [0.25, 0.3) is 11.3 Å². The summed E-state index contributed by atoms with van der Waals surface area (Å²) < 4.78 is 58.9. The Bertz CT molecular complexity index is 1140. The minimum atomic E-state index is -3.94.